The molecule has 2 aliphatic carbocycles. The normalized spacial score (nSPS) is 28.2. The molecule has 4 aliphatic rings. The zero-order valence-corrected chi connectivity index (χ0v) is 30.4. The number of methoxy groups -OCH3 is 2. The van der Waals surface area contributed by atoms with Crippen molar-refractivity contribution >= 4 is 45.2 Å². The van der Waals surface area contributed by atoms with Crippen molar-refractivity contribution in [3.63, 3.8) is 0 Å². The number of esters is 2. The first kappa shape index (κ1) is 36.2. The number of allylic oxidation sites excluding steroid dienone is 1. The predicted molar refractivity (Wildman–Crippen MR) is 190 cm³/mol. The van der Waals surface area contributed by atoms with Gasteiger partial charge in [0.1, 0.15) is 5.75 Å². The average Bonchev–Trinajstić information content (AvgIpc) is 3.23. The van der Waals surface area contributed by atoms with Gasteiger partial charge in [0.05, 0.1) is 44.9 Å². The van der Waals surface area contributed by atoms with Gasteiger partial charge in [-0.05, 0) is 105 Å². The van der Waals surface area contributed by atoms with Crippen molar-refractivity contribution in [3.8, 4) is 5.75 Å². The molecule has 0 aromatic heterocycles. The maximum Gasteiger partial charge on any atom is 0.319 e. The Morgan fingerprint density at radius 3 is 2.54 bits per heavy atom. The Balaban J connectivity index is 1.43. The minimum atomic E-state index is -3.99. The molecule has 6 rings (SSSR count). The van der Waals surface area contributed by atoms with Crippen molar-refractivity contribution in [1.82, 2.24) is 9.62 Å². The number of carbonyl (C=O) groups is 3. The average molecular weight is 728 g/mol. The molecule has 1 amide bonds. The van der Waals surface area contributed by atoms with Crippen LogP contribution in [0.1, 0.15) is 66.9 Å². The molecule has 13 heteroatoms. The maximum absolute atomic E-state index is 13.4. The van der Waals surface area contributed by atoms with E-state index in [1.54, 1.807) is 30.0 Å². The third kappa shape index (κ3) is 7.52. The molecule has 11 nitrogen and oxygen atoms in total. The molecule has 2 heterocycles. The summed E-state index contributed by atoms with van der Waals surface area (Å²) in [4.78, 5) is 42.8. The highest BCUT2D eigenvalue weighted by molar-refractivity contribution is 7.90. The first-order valence-corrected chi connectivity index (χ1v) is 19.3. The fraction of sp³-hybridized carbons (Fsp3) is 0.541. The number of nitrogens with zero attached hydrogens (tertiary/aromatic N) is 2. The van der Waals surface area contributed by atoms with E-state index in [9.17, 15) is 22.8 Å². The number of ether oxygens (including phenoxy) is 3. The van der Waals surface area contributed by atoms with Crippen molar-refractivity contribution < 1.29 is 37.0 Å². The lowest BCUT2D eigenvalue weighted by atomic mass is 9.67. The van der Waals surface area contributed by atoms with E-state index in [4.69, 9.17) is 25.8 Å². The number of carbonyl (C=O) groups excluding carboxylic acids is 3. The molecule has 270 valence electrons. The topological polar surface area (TPSA) is 132 Å². The number of aryl methyl sites for hydroxylation is 1. The van der Waals surface area contributed by atoms with Crippen molar-refractivity contribution in [1.29, 1.82) is 0 Å². The molecular weight excluding hydrogens is 682 g/mol. The predicted octanol–water partition coefficient (Wildman–Crippen LogP) is 4.65. The standard InChI is InChI=1S/C37H46ClN3O8S/c1-24-7-4-5-9-31(40(20-34(42)47-2)21-35(43)48-3)29-13-10-27(29)19-41-22-37(16-6-8-25-17-28(38)12-14-30(25)37)23-49-33-15-11-26(18-32(33)41)36(44)39-50(24,45)46/h5,9,11-12,14-15,17-18,24,27,29,31H,4,6-8,10,13,16,19-23H2,1-3H3,(H,39,44)/b9-5+/t24-,27+,29-,31+,37+/m1/s1. The number of rotatable bonds is 5. The Hall–Kier alpha value is -3.61. The Labute approximate surface area is 299 Å². The first-order valence-electron chi connectivity index (χ1n) is 17.3. The lowest BCUT2D eigenvalue weighted by Crippen LogP contribution is -2.53. The number of sulfonamides is 1. The zero-order chi connectivity index (χ0) is 35.6. The van der Waals surface area contributed by atoms with Crippen LogP contribution in [0, 0.1) is 11.8 Å². The van der Waals surface area contributed by atoms with Gasteiger partial charge < -0.3 is 19.1 Å². The van der Waals surface area contributed by atoms with Crippen LogP contribution < -0.4 is 14.4 Å². The summed E-state index contributed by atoms with van der Waals surface area (Å²) in [7, 11) is -1.35. The molecule has 1 spiro atoms. The molecular formula is C37H46ClN3O8S. The van der Waals surface area contributed by atoms with E-state index in [1.165, 1.54) is 25.3 Å². The van der Waals surface area contributed by atoms with Crippen molar-refractivity contribution in [2.24, 2.45) is 11.8 Å². The van der Waals surface area contributed by atoms with E-state index >= 15 is 0 Å². The first-order chi connectivity index (χ1) is 23.9. The van der Waals surface area contributed by atoms with Crippen LogP contribution >= 0.6 is 11.6 Å². The summed E-state index contributed by atoms with van der Waals surface area (Å²) in [6, 6.07) is 10.9. The van der Waals surface area contributed by atoms with Crippen LogP contribution in [0.5, 0.6) is 5.75 Å². The Morgan fingerprint density at radius 2 is 1.84 bits per heavy atom. The molecule has 2 aliphatic heterocycles. The summed E-state index contributed by atoms with van der Waals surface area (Å²) in [5.74, 6) is -0.746. The van der Waals surface area contributed by atoms with Gasteiger partial charge in [-0.3, -0.25) is 19.3 Å². The molecule has 50 heavy (non-hydrogen) atoms. The van der Waals surface area contributed by atoms with Crippen molar-refractivity contribution in [3.05, 3.63) is 70.3 Å². The minimum absolute atomic E-state index is 0.0714. The molecule has 0 radical (unpaired) electrons. The van der Waals surface area contributed by atoms with Crippen LogP contribution in [0.15, 0.2) is 48.6 Å². The summed E-state index contributed by atoms with van der Waals surface area (Å²) in [6.45, 7) is 3.05. The second-order valence-electron chi connectivity index (χ2n) is 14.1. The smallest absolute Gasteiger partial charge is 0.319 e. The Bertz CT molecular complexity index is 1750. The molecule has 1 saturated carbocycles. The van der Waals surface area contributed by atoms with E-state index in [2.05, 4.69) is 15.7 Å². The van der Waals surface area contributed by atoms with Crippen LogP contribution in [-0.2, 0) is 40.9 Å². The highest BCUT2D eigenvalue weighted by Crippen LogP contribution is 2.47. The number of hydrogen-bond acceptors (Lipinski definition) is 10. The SMILES string of the molecule is COC(=O)CN(CC(=O)OC)[C@H]1/C=C/CC[C@@H](C)S(=O)(=O)NC(=O)c2ccc3c(c2)N(C[C@@H]2CC[C@H]21)C[C@@]1(CCCc2cc(Cl)ccc21)CO3. The lowest BCUT2D eigenvalue weighted by molar-refractivity contribution is -0.147. The molecule has 2 aromatic rings. The molecule has 0 saturated heterocycles. The van der Waals surface area contributed by atoms with Gasteiger partial charge in [-0.25, -0.2) is 13.1 Å². The zero-order valence-electron chi connectivity index (χ0n) is 28.9. The van der Waals surface area contributed by atoms with E-state index in [0.717, 1.165) is 37.8 Å². The molecule has 2 aromatic carbocycles. The van der Waals surface area contributed by atoms with Crippen LogP contribution in [0.25, 0.3) is 0 Å². The molecule has 5 atom stereocenters. The molecule has 2 bridgehead atoms. The summed E-state index contributed by atoms with van der Waals surface area (Å²) in [6.07, 6.45) is 9.21. The van der Waals surface area contributed by atoms with Crippen LogP contribution in [0.3, 0.4) is 0 Å². The van der Waals surface area contributed by atoms with E-state index in [-0.39, 0.29) is 48.4 Å². The van der Waals surface area contributed by atoms with Crippen LogP contribution in [-0.4, -0.2) is 89.5 Å². The second kappa shape index (κ2) is 14.9. The van der Waals surface area contributed by atoms with E-state index in [1.807, 2.05) is 24.3 Å². The number of amides is 1. The summed E-state index contributed by atoms with van der Waals surface area (Å²) in [5.41, 5.74) is 3.03. The highest BCUT2D eigenvalue weighted by atomic mass is 35.5. The number of benzene rings is 2. The molecule has 1 N–H and O–H groups in total. The number of hydrogen-bond donors (Lipinski definition) is 1. The largest absolute Gasteiger partial charge is 0.490 e. The van der Waals surface area contributed by atoms with Crippen molar-refractivity contribution in [2.75, 3.05) is 51.9 Å². The van der Waals surface area contributed by atoms with Gasteiger partial charge in [0.2, 0.25) is 10.0 Å². The van der Waals surface area contributed by atoms with Crippen molar-refractivity contribution in [2.45, 2.75) is 68.6 Å². The van der Waals surface area contributed by atoms with Crippen LogP contribution in [0.2, 0.25) is 5.02 Å². The second-order valence-corrected chi connectivity index (χ2v) is 16.7. The molecule has 0 unspecified atom stereocenters. The number of anilines is 1. The number of fused-ring (bicyclic) bond motifs is 4. The van der Waals surface area contributed by atoms with Gasteiger partial charge in [0.15, 0.2) is 0 Å². The van der Waals surface area contributed by atoms with E-state index < -0.39 is 33.1 Å². The van der Waals surface area contributed by atoms with Gasteiger partial charge in [0.25, 0.3) is 5.91 Å². The number of halogens is 1. The van der Waals surface area contributed by atoms with E-state index in [0.29, 0.717) is 36.9 Å². The summed E-state index contributed by atoms with van der Waals surface area (Å²) in [5, 5.41) is -0.149. The van der Waals surface area contributed by atoms with Gasteiger partial charge in [-0.2, -0.15) is 0 Å². The number of nitrogens with one attached hydrogen (secondary N) is 1. The third-order valence-electron chi connectivity index (χ3n) is 11.0. The highest BCUT2D eigenvalue weighted by Gasteiger charge is 2.45. The third-order valence-corrected chi connectivity index (χ3v) is 13.0. The molecule has 1 fully saturated rings. The van der Waals surface area contributed by atoms with Gasteiger partial charge in [-0.15, -0.1) is 0 Å². The summed E-state index contributed by atoms with van der Waals surface area (Å²) < 4.78 is 45.4. The Kier molecular flexibility index (Phi) is 10.8. The minimum Gasteiger partial charge on any atom is -0.490 e. The van der Waals surface area contributed by atoms with Gasteiger partial charge in [-0.1, -0.05) is 29.8 Å². The fourth-order valence-electron chi connectivity index (χ4n) is 8.08. The van der Waals surface area contributed by atoms with Crippen LogP contribution in [0.4, 0.5) is 5.69 Å². The van der Waals surface area contributed by atoms with Gasteiger partial charge >= 0.3 is 11.9 Å². The lowest BCUT2D eigenvalue weighted by Gasteiger charge is -2.48. The quantitative estimate of drug-likeness (QED) is 0.343. The Morgan fingerprint density at radius 1 is 1.08 bits per heavy atom. The van der Waals surface area contributed by atoms with Gasteiger partial charge in [0, 0.05) is 35.1 Å². The summed E-state index contributed by atoms with van der Waals surface area (Å²) >= 11 is 6.44. The maximum atomic E-state index is 13.4. The monoisotopic (exact) mass is 727 g/mol. The fourth-order valence-corrected chi connectivity index (χ4v) is 9.30.